The van der Waals surface area contributed by atoms with Crippen LogP contribution in [0.5, 0.6) is 11.5 Å². The van der Waals surface area contributed by atoms with E-state index in [2.05, 4.69) is 11.4 Å². The zero-order chi connectivity index (χ0) is 17.0. The van der Waals surface area contributed by atoms with Gasteiger partial charge in [-0.25, -0.2) is 0 Å². The summed E-state index contributed by atoms with van der Waals surface area (Å²) in [4.78, 5) is 22.5. The third-order valence-electron chi connectivity index (χ3n) is 4.99. The molecule has 1 aliphatic heterocycles. The highest BCUT2D eigenvalue weighted by atomic mass is 16.7. The lowest BCUT2D eigenvalue weighted by atomic mass is 9.69. The predicted octanol–water partition coefficient (Wildman–Crippen LogP) is 2.60. The Hall–Kier alpha value is -2.24. The maximum atomic E-state index is 11.9. The Morgan fingerprint density at radius 1 is 1.08 bits per heavy atom. The Labute approximate surface area is 141 Å². The number of aliphatic carboxylic acids is 1. The lowest BCUT2D eigenvalue weighted by Gasteiger charge is -2.38. The zero-order valence-electron chi connectivity index (χ0n) is 13.7. The van der Waals surface area contributed by atoms with Crippen LogP contribution in [0.2, 0.25) is 0 Å². The highest BCUT2D eigenvalue weighted by Gasteiger charge is 2.35. The molecule has 1 saturated carbocycles. The van der Waals surface area contributed by atoms with Crippen molar-refractivity contribution in [3.63, 3.8) is 0 Å². The summed E-state index contributed by atoms with van der Waals surface area (Å²) in [5, 5.41) is 11.6. The molecule has 2 aliphatic rings. The maximum Gasteiger partial charge on any atom is 0.303 e. The van der Waals surface area contributed by atoms with Gasteiger partial charge in [-0.05, 0) is 30.5 Å². The molecule has 0 saturated heterocycles. The molecule has 3 rings (SSSR count). The third kappa shape index (κ3) is 3.63. The summed E-state index contributed by atoms with van der Waals surface area (Å²) in [5.41, 5.74) is 1.04. The molecule has 130 valence electrons. The Kier molecular flexibility index (Phi) is 4.92. The number of hydrogen-bond acceptors (Lipinski definition) is 4. The van der Waals surface area contributed by atoms with Gasteiger partial charge in [0, 0.05) is 18.4 Å². The third-order valence-corrected chi connectivity index (χ3v) is 4.99. The number of hydrogen-bond donors (Lipinski definition) is 2. The average Bonchev–Trinajstić information content (AvgIpc) is 3.06. The van der Waals surface area contributed by atoms with Gasteiger partial charge in [0.15, 0.2) is 11.5 Å². The van der Waals surface area contributed by atoms with E-state index in [9.17, 15) is 9.59 Å². The fraction of sp³-hybridized carbons (Fsp3) is 0.556. The van der Waals surface area contributed by atoms with Crippen LogP contribution in [0.4, 0.5) is 0 Å². The molecule has 1 fully saturated rings. The highest BCUT2D eigenvalue weighted by molar-refractivity contribution is 5.80. The second-order valence-electron chi connectivity index (χ2n) is 6.58. The highest BCUT2D eigenvalue weighted by Crippen LogP contribution is 2.43. The van der Waals surface area contributed by atoms with Gasteiger partial charge in [-0.2, -0.15) is 0 Å². The quantitative estimate of drug-likeness (QED) is 0.836. The molecule has 1 amide bonds. The smallest absolute Gasteiger partial charge is 0.303 e. The molecule has 6 heteroatoms. The standard InChI is InChI=1S/C18H23NO5/c20-16(6-7-17(21)22)19-11-18(8-2-1-3-9-18)13-4-5-14-15(10-13)24-12-23-14/h4-5,10H,1-3,6-9,11-12H2,(H,19,20)(H,21,22). The van der Waals surface area contributed by atoms with Gasteiger partial charge in [0.2, 0.25) is 12.7 Å². The molecular weight excluding hydrogens is 310 g/mol. The fourth-order valence-corrected chi connectivity index (χ4v) is 3.60. The molecule has 1 aliphatic carbocycles. The van der Waals surface area contributed by atoms with E-state index in [0.717, 1.165) is 42.7 Å². The van der Waals surface area contributed by atoms with E-state index >= 15 is 0 Å². The molecule has 0 unspecified atom stereocenters. The number of nitrogens with one attached hydrogen (secondary N) is 1. The molecule has 2 N–H and O–H groups in total. The molecule has 0 spiro atoms. The summed E-state index contributed by atoms with van der Waals surface area (Å²) in [7, 11) is 0. The molecular formula is C18H23NO5. The Bertz CT molecular complexity index is 622. The first kappa shape index (κ1) is 16.6. The average molecular weight is 333 g/mol. The summed E-state index contributed by atoms with van der Waals surface area (Å²) in [6.07, 6.45) is 5.35. The van der Waals surface area contributed by atoms with Crippen molar-refractivity contribution < 1.29 is 24.2 Å². The number of amides is 1. The Morgan fingerprint density at radius 3 is 2.58 bits per heavy atom. The van der Waals surface area contributed by atoms with Gasteiger partial charge in [-0.1, -0.05) is 25.3 Å². The molecule has 6 nitrogen and oxygen atoms in total. The monoisotopic (exact) mass is 333 g/mol. The number of carbonyl (C=O) groups is 2. The van der Waals surface area contributed by atoms with E-state index in [0.29, 0.717) is 6.54 Å². The summed E-state index contributed by atoms with van der Waals surface area (Å²) >= 11 is 0. The number of carboxylic acid groups (broad SMARTS) is 1. The van der Waals surface area contributed by atoms with Gasteiger partial charge in [-0.15, -0.1) is 0 Å². The largest absolute Gasteiger partial charge is 0.481 e. The molecule has 1 aromatic rings. The van der Waals surface area contributed by atoms with Crippen LogP contribution in [-0.2, 0) is 15.0 Å². The Balaban J connectivity index is 1.73. The van der Waals surface area contributed by atoms with Crippen molar-refractivity contribution in [2.24, 2.45) is 0 Å². The van der Waals surface area contributed by atoms with Crippen molar-refractivity contribution in [3.8, 4) is 11.5 Å². The molecule has 1 aromatic carbocycles. The van der Waals surface area contributed by atoms with Crippen molar-refractivity contribution in [1.82, 2.24) is 5.32 Å². The maximum absolute atomic E-state index is 11.9. The SMILES string of the molecule is O=C(O)CCC(=O)NCC1(c2ccc3c(c2)OCO3)CCCCC1. The van der Waals surface area contributed by atoms with E-state index in [1.54, 1.807) is 0 Å². The second kappa shape index (κ2) is 7.11. The van der Waals surface area contributed by atoms with Crippen LogP contribution in [0.15, 0.2) is 18.2 Å². The van der Waals surface area contributed by atoms with Crippen molar-refractivity contribution in [2.45, 2.75) is 50.4 Å². The van der Waals surface area contributed by atoms with Crippen LogP contribution < -0.4 is 14.8 Å². The summed E-state index contributed by atoms with van der Waals surface area (Å²) in [6.45, 7) is 0.781. The zero-order valence-corrected chi connectivity index (χ0v) is 13.7. The van der Waals surface area contributed by atoms with Crippen LogP contribution in [-0.4, -0.2) is 30.3 Å². The normalized spacial score (nSPS) is 18.2. The molecule has 0 radical (unpaired) electrons. The Morgan fingerprint density at radius 2 is 1.83 bits per heavy atom. The number of carboxylic acids is 1. The number of rotatable bonds is 6. The summed E-state index contributed by atoms with van der Waals surface area (Å²) in [6, 6.07) is 6.01. The first-order valence-electron chi connectivity index (χ1n) is 8.48. The van der Waals surface area contributed by atoms with Gasteiger partial charge >= 0.3 is 5.97 Å². The van der Waals surface area contributed by atoms with E-state index in [4.69, 9.17) is 14.6 Å². The topological polar surface area (TPSA) is 84.9 Å². The minimum atomic E-state index is -0.951. The minimum absolute atomic E-state index is 0.0204. The van der Waals surface area contributed by atoms with Gasteiger partial charge in [-0.3, -0.25) is 9.59 Å². The molecule has 0 aromatic heterocycles. The first-order valence-corrected chi connectivity index (χ1v) is 8.48. The van der Waals surface area contributed by atoms with Crippen LogP contribution in [0.3, 0.4) is 0 Å². The van der Waals surface area contributed by atoms with E-state index in [1.165, 1.54) is 6.42 Å². The second-order valence-corrected chi connectivity index (χ2v) is 6.58. The predicted molar refractivity (Wildman–Crippen MR) is 87.2 cm³/mol. The van der Waals surface area contributed by atoms with Crippen molar-refractivity contribution in [1.29, 1.82) is 0 Å². The molecule has 24 heavy (non-hydrogen) atoms. The van der Waals surface area contributed by atoms with Gasteiger partial charge in [0.1, 0.15) is 0 Å². The first-order chi connectivity index (χ1) is 11.6. The number of fused-ring (bicyclic) bond motifs is 1. The summed E-state index contributed by atoms with van der Waals surface area (Å²) < 4.78 is 10.9. The number of benzene rings is 1. The van der Waals surface area contributed by atoms with Crippen LogP contribution in [0.1, 0.15) is 50.5 Å². The van der Waals surface area contributed by atoms with E-state index < -0.39 is 5.97 Å². The number of carbonyl (C=O) groups excluding carboxylic acids is 1. The van der Waals surface area contributed by atoms with Gasteiger partial charge < -0.3 is 19.9 Å². The molecule has 1 heterocycles. The van der Waals surface area contributed by atoms with Gasteiger partial charge in [0.05, 0.1) is 6.42 Å². The number of ether oxygens (including phenoxy) is 2. The van der Waals surface area contributed by atoms with Crippen molar-refractivity contribution >= 4 is 11.9 Å². The van der Waals surface area contributed by atoms with Gasteiger partial charge in [0.25, 0.3) is 0 Å². The van der Waals surface area contributed by atoms with Crippen LogP contribution in [0.25, 0.3) is 0 Å². The minimum Gasteiger partial charge on any atom is -0.481 e. The van der Waals surface area contributed by atoms with Crippen LogP contribution in [0, 0.1) is 0 Å². The fourth-order valence-electron chi connectivity index (χ4n) is 3.60. The van der Waals surface area contributed by atoms with E-state index in [-0.39, 0.29) is 31.0 Å². The molecule has 0 atom stereocenters. The summed E-state index contributed by atoms with van der Waals surface area (Å²) in [5.74, 6) is 0.362. The molecule has 0 bridgehead atoms. The van der Waals surface area contributed by atoms with Crippen molar-refractivity contribution in [2.75, 3.05) is 13.3 Å². The lowest BCUT2D eigenvalue weighted by Crippen LogP contribution is -2.42. The van der Waals surface area contributed by atoms with Crippen molar-refractivity contribution in [3.05, 3.63) is 23.8 Å². The van der Waals surface area contributed by atoms with Crippen LogP contribution >= 0.6 is 0 Å². The van der Waals surface area contributed by atoms with E-state index in [1.807, 2.05) is 12.1 Å². The lowest BCUT2D eigenvalue weighted by molar-refractivity contribution is -0.138.